The van der Waals surface area contributed by atoms with E-state index in [2.05, 4.69) is 38.4 Å². The molecule has 6 nitrogen and oxygen atoms in total. The summed E-state index contributed by atoms with van der Waals surface area (Å²) < 4.78 is 0. The molecule has 0 bridgehead atoms. The molecule has 27 heavy (non-hydrogen) atoms. The van der Waals surface area contributed by atoms with Crippen molar-refractivity contribution in [2.45, 2.75) is 39.0 Å². The fourth-order valence-corrected chi connectivity index (χ4v) is 3.98. The van der Waals surface area contributed by atoms with Crippen molar-refractivity contribution < 1.29 is 4.79 Å². The van der Waals surface area contributed by atoms with E-state index in [1.165, 1.54) is 31.5 Å². The Kier molecular flexibility index (Phi) is 5.34. The fraction of sp³-hybridized carbons (Fsp3) is 0.476. The number of fused-ring (bicyclic) bond motifs is 1. The number of hydrogen-bond donors (Lipinski definition) is 2. The van der Waals surface area contributed by atoms with Crippen molar-refractivity contribution >= 4 is 23.6 Å². The molecule has 0 aliphatic carbocycles. The number of likely N-dealkylation sites (tertiary alicyclic amines) is 1. The van der Waals surface area contributed by atoms with Crippen LogP contribution in [0.15, 0.2) is 29.3 Å². The summed E-state index contributed by atoms with van der Waals surface area (Å²) in [7, 11) is 0. The molecule has 1 aromatic carbocycles. The Labute approximate surface area is 160 Å². The van der Waals surface area contributed by atoms with Crippen molar-refractivity contribution in [3.8, 4) is 11.3 Å². The van der Waals surface area contributed by atoms with Gasteiger partial charge in [0.2, 0.25) is 5.91 Å². The van der Waals surface area contributed by atoms with E-state index in [-0.39, 0.29) is 5.91 Å². The first kappa shape index (κ1) is 17.9. The molecule has 1 amide bonds. The molecule has 142 valence electrons. The van der Waals surface area contributed by atoms with E-state index in [0.29, 0.717) is 18.2 Å². The maximum atomic E-state index is 12.3. The summed E-state index contributed by atoms with van der Waals surface area (Å²) in [6, 6.07) is 8.14. The minimum Gasteiger partial charge on any atom is -0.309 e. The van der Waals surface area contributed by atoms with E-state index in [4.69, 9.17) is 0 Å². The molecule has 1 aromatic heterocycles. The first-order valence-electron chi connectivity index (χ1n) is 9.91. The number of rotatable bonds is 6. The van der Waals surface area contributed by atoms with Crippen LogP contribution in [0.25, 0.3) is 11.3 Å². The summed E-state index contributed by atoms with van der Waals surface area (Å²) in [6.07, 6.45) is 7.05. The number of aryl methyl sites for hydroxylation is 1. The largest absolute Gasteiger partial charge is 0.309 e. The van der Waals surface area contributed by atoms with E-state index in [1.54, 1.807) is 0 Å². The summed E-state index contributed by atoms with van der Waals surface area (Å²) in [6.45, 7) is 5.47. The first-order chi connectivity index (χ1) is 13.2. The van der Waals surface area contributed by atoms with Crippen molar-refractivity contribution in [1.29, 1.82) is 0 Å². The Morgan fingerprint density at radius 1 is 1.30 bits per heavy atom. The van der Waals surface area contributed by atoms with Gasteiger partial charge in [0.25, 0.3) is 0 Å². The van der Waals surface area contributed by atoms with E-state index < -0.39 is 0 Å². The van der Waals surface area contributed by atoms with Crippen molar-refractivity contribution in [3.63, 3.8) is 0 Å². The zero-order chi connectivity index (χ0) is 18.6. The molecule has 0 saturated carbocycles. The minimum atomic E-state index is 0.0273. The fourth-order valence-electron chi connectivity index (χ4n) is 3.98. The molecule has 0 spiro atoms. The third-order valence-electron chi connectivity index (χ3n) is 5.31. The highest BCUT2D eigenvalue weighted by Crippen LogP contribution is 2.29. The number of H-pyrrole nitrogens is 1. The van der Waals surface area contributed by atoms with Gasteiger partial charge in [0.1, 0.15) is 0 Å². The molecule has 2 N–H and O–H groups in total. The van der Waals surface area contributed by atoms with Crippen molar-refractivity contribution in [1.82, 2.24) is 15.1 Å². The Balaban J connectivity index is 1.35. The lowest BCUT2D eigenvalue weighted by Gasteiger charge is -2.19. The maximum absolute atomic E-state index is 12.3. The zero-order valence-electron chi connectivity index (χ0n) is 15.9. The molecule has 2 aliphatic rings. The molecule has 1 fully saturated rings. The number of amides is 1. The van der Waals surface area contributed by atoms with Crippen LogP contribution in [0, 0.1) is 5.92 Å². The number of aliphatic imine (C=N–C) groups is 1. The van der Waals surface area contributed by atoms with Crippen LogP contribution in [0.5, 0.6) is 0 Å². The Hall–Kier alpha value is -2.47. The molecule has 3 heterocycles. The summed E-state index contributed by atoms with van der Waals surface area (Å²) in [5, 5.41) is 10.2. The van der Waals surface area contributed by atoms with Crippen molar-refractivity contribution in [2.24, 2.45) is 10.9 Å². The predicted octanol–water partition coefficient (Wildman–Crippen LogP) is 3.79. The van der Waals surface area contributed by atoms with E-state index in [9.17, 15) is 4.79 Å². The lowest BCUT2D eigenvalue weighted by atomic mass is 10.0. The van der Waals surface area contributed by atoms with Gasteiger partial charge in [-0.05, 0) is 62.4 Å². The number of hydrogen-bond acceptors (Lipinski definition) is 4. The number of anilines is 1. The monoisotopic (exact) mass is 365 g/mol. The van der Waals surface area contributed by atoms with Gasteiger partial charge in [-0.25, -0.2) is 0 Å². The molecule has 4 rings (SSSR count). The zero-order valence-corrected chi connectivity index (χ0v) is 15.9. The molecular formula is C21H27N5O. The van der Waals surface area contributed by atoms with Crippen LogP contribution in [-0.4, -0.2) is 46.9 Å². The number of aromatic nitrogens is 2. The summed E-state index contributed by atoms with van der Waals surface area (Å²) in [4.78, 5) is 19.2. The summed E-state index contributed by atoms with van der Waals surface area (Å²) in [5.41, 5.74) is 4.28. The second-order valence-electron chi connectivity index (χ2n) is 7.73. The SMILES string of the molecule is CC(CC(=O)Nc1cc(-c2ccc3c(c2)CCC=N3)[nH]n1)CN1CCCC1. The van der Waals surface area contributed by atoms with Crippen LogP contribution in [-0.2, 0) is 11.2 Å². The normalized spacial score (nSPS) is 17.7. The van der Waals surface area contributed by atoms with Gasteiger partial charge in [-0.2, -0.15) is 5.10 Å². The van der Waals surface area contributed by atoms with Gasteiger partial charge in [0.15, 0.2) is 5.82 Å². The van der Waals surface area contributed by atoms with E-state index in [0.717, 1.165) is 36.3 Å². The second-order valence-corrected chi connectivity index (χ2v) is 7.73. The molecule has 1 saturated heterocycles. The molecular weight excluding hydrogens is 338 g/mol. The lowest BCUT2D eigenvalue weighted by molar-refractivity contribution is -0.117. The van der Waals surface area contributed by atoms with Crippen molar-refractivity contribution in [2.75, 3.05) is 25.0 Å². The molecule has 2 aliphatic heterocycles. The first-order valence-corrected chi connectivity index (χ1v) is 9.91. The molecule has 1 atom stereocenters. The van der Waals surface area contributed by atoms with Crippen LogP contribution in [0.4, 0.5) is 11.5 Å². The molecule has 2 aromatic rings. The van der Waals surface area contributed by atoms with E-state index >= 15 is 0 Å². The third-order valence-corrected chi connectivity index (χ3v) is 5.31. The Bertz CT molecular complexity index is 835. The average Bonchev–Trinajstić information content (AvgIpc) is 3.33. The number of nitrogens with zero attached hydrogens (tertiary/aromatic N) is 3. The number of carbonyl (C=O) groups excluding carboxylic acids is 1. The van der Waals surface area contributed by atoms with Gasteiger partial charge in [-0.1, -0.05) is 13.0 Å². The van der Waals surface area contributed by atoms with Gasteiger partial charge in [-0.15, -0.1) is 0 Å². The molecule has 0 radical (unpaired) electrons. The number of carbonyl (C=O) groups is 1. The van der Waals surface area contributed by atoms with Gasteiger partial charge in [0, 0.05) is 30.8 Å². The van der Waals surface area contributed by atoms with Gasteiger partial charge in [0.05, 0.1) is 11.4 Å². The topological polar surface area (TPSA) is 73.4 Å². The maximum Gasteiger partial charge on any atom is 0.225 e. The standard InChI is InChI=1S/C21H27N5O/c1-15(14-26-9-2-3-10-26)11-21(27)23-20-13-19(24-25-20)17-6-7-18-16(12-17)5-4-8-22-18/h6-8,12-13,15H,2-5,9-11,14H2,1H3,(H2,23,24,25,27). The second kappa shape index (κ2) is 8.05. The summed E-state index contributed by atoms with van der Waals surface area (Å²) >= 11 is 0. The lowest BCUT2D eigenvalue weighted by Crippen LogP contribution is -2.27. The van der Waals surface area contributed by atoms with Crippen LogP contribution in [0.3, 0.4) is 0 Å². The molecule has 1 unspecified atom stereocenters. The van der Waals surface area contributed by atoms with Crippen LogP contribution in [0.2, 0.25) is 0 Å². The highest BCUT2D eigenvalue weighted by atomic mass is 16.1. The Morgan fingerprint density at radius 2 is 2.15 bits per heavy atom. The number of nitrogens with one attached hydrogen (secondary N) is 2. The number of benzene rings is 1. The number of aromatic amines is 1. The predicted molar refractivity (Wildman–Crippen MR) is 109 cm³/mol. The summed E-state index contributed by atoms with van der Waals surface area (Å²) in [5.74, 6) is 0.960. The highest BCUT2D eigenvalue weighted by molar-refractivity contribution is 5.90. The van der Waals surface area contributed by atoms with Crippen LogP contribution in [0.1, 0.15) is 38.2 Å². The van der Waals surface area contributed by atoms with Crippen LogP contribution < -0.4 is 5.32 Å². The average molecular weight is 365 g/mol. The van der Waals surface area contributed by atoms with Gasteiger partial charge in [-0.3, -0.25) is 14.9 Å². The van der Waals surface area contributed by atoms with Crippen LogP contribution >= 0.6 is 0 Å². The smallest absolute Gasteiger partial charge is 0.225 e. The van der Waals surface area contributed by atoms with Gasteiger partial charge >= 0.3 is 0 Å². The van der Waals surface area contributed by atoms with E-state index in [1.807, 2.05) is 24.4 Å². The molecule has 6 heteroatoms. The quantitative estimate of drug-likeness (QED) is 0.818. The third kappa shape index (κ3) is 4.45. The van der Waals surface area contributed by atoms with Crippen molar-refractivity contribution in [3.05, 3.63) is 29.8 Å². The highest BCUT2D eigenvalue weighted by Gasteiger charge is 2.17. The minimum absolute atomic E-state index is 0.0273. The van der Waals surface area contributed by atoms with Gasteiger partial charge < -0.3 is 10.2 Å². The Morgan fingerprint density at radius 3 is 3.00 bits per heavy atom.